The van der Waals surface area contributed by atoms with Crippen LogP contribution in [0.15, 0.2) is 18.2 Å². The number of fused-ring (bicyclic) bond motifs is 1. The summed E-state index contributed by atoms with van der Waals surface area (Å²) in [5, 5.41) is 0. The van der Waals surface area contributed by atoms with Gasteiger partial charge >= 0.3 is 0 Å². The third-order valence-corrected chi connectivity index (χ3v) is 3.00. The van der Waals surface area contributed by atoms with Crippen LogP contribution in [0, 0.1) is 5.92 Å². The maximum Gasteiger partial charge on any atom is 0.122 e. The molecule has 2 atom stereocenters. The third-order valence-electron chi connectivity index (χ3n) is 3.00. The van der Waals surface area contributed by atoms with Crippen LogP contribution in [0.25, 0.3) is 0 Å². The van der Waals surface area contributed by atoms with E-state index in [-0.39, 0.29) is 6.04 Å². The molecule has 1 aliphatic rings. The van der Waals surface area contributed by atoms with E-state index in [1.165, 1.54) is 11.1 Å². The fraction of sp³-hybridized carbons (Fsp3) is 0.500. The lowest BCUT2D eigenvalue weighted by Gasteiger charge is -2.28. The molecule has 0 radical (unpaired) electrons. The van der Waals surface area contributed by atoms with E-state index in [0.717, 1.165) is 18.6 Å². The van der Waals surface area contributed by atoms with Crippen LogP contribution < -0.4 is 10.5 Å². The van der Waals surface area contributed by atoms with E-state index >= 15 is 0 Å². The van der Waals surface area contributed by atoms with Crippen molar-refractivity contribution >= 4 is 0 Å². The minimum Gasteiger partial charge on any atom is -0.496 e. The Hall–Kier alpha value is -1.02. The minimum absolute atomic E-state index is 0.184. The Bertz CT molecular complexity index is 335. The molecular weight excluding hydrogens is 174 g/mol. The van der Waals surface area contributed by atoms with Crippen molar-refractivity contribution < 1.29 is 4.74 Å². The Morgan fingerprint density at radius 1 is 1.43 bits per heavy atom. The quantitative estimate of drug-likeness (QED) is 0.739. The molecule has 2 heteroatoms. The van der Waals surface area contributed by atoms with Crippen LogP contribution in [-0.2, 0) is 6.42 Å². The number of ether oxygens (including phenoxy) is 1. The van der Waals surface area contributed by atoms with Gasteiger partial charge in [0.25, 0.3) is 0 Å². The smallest absolute Gasteiger partial charge is 0.122 e. The van der Waals surface area contributed by atoms with Crippen LogP contribution in [0.5, 0.6) is 5.75 Å². The number of benzene rings is 1. The lowest BCUT2D eigenvalue weighted by molar-refractivity contribution is 0.385. The van der Waals surface area contributed by atoms with Gasteiger partial charge in [-0.1, -0.05) is 19.1 Å². The lowest BCUT2D eigenvalue weighted by Crippen LogP contribution is -2.23. The zero-order chi connectivity index (χ0) is 10.1. The van der Waals surface area contributed by atoms with Crippen molar-refractivity contribution in [3.05, 3.63) is 29.3 Å². The van der Waals surface area contributed by atoms with Crippen molar-refractivity contribution in [3.63, 3.8) is 0 Å². The Labute approximate surface area is 85.1 Å². The highest BCUT2D eigenvalue weighted by molar-refractivity contribution is 5.43. The first-order valence-corrected chi connectivity index (χ1v) is 5.13. The van der Waals surface area contributed by atoms with E-state index in [4.69, 9.17) is 10.5 Å². The maximum atomic E-state index is 6.10. The SMILES string of the molecule is COc1cccc2c1CC(C)CC2N. The van der Waals surface area contributed by atoms with Gasteiger partial charge in [0.15, 0.2) is 0 Å². The van der Waals surface area contributed by atoms with Gasteiger partial charge in [0, 0.05) is 6.04 Å². The Morgan fingerprint density at radius 3 is 2.93 bits per heavy atom. The second-order valence-corrected chi connectivity index (χ2v) is 4.18. The summed E-state index contributed by atoms with van der Waals surface area (Å²) in [4.78, 5) is 0. The van der Waals surface area contributed by atoms with Crippen molar-refractivity contribution in [2.75, 3.05) is 7.11 Å². The van der Waals surface area contributed by atoms with Crippen molar-refractivity contribution in [3.8, 4) is 5.75 Å². The van der Waals surface area contributed by atoms with E-state index in [9.17, 15) is 0 Å². The van der Waals surface area contributed by atoms with Gasteiger partial charge in [-0.2, -0.15) is 0 Å². The first-order valence-electron chi connectivity index (χ1n) is 5.13. The van der Waals surface area contributed by atoms with Crippen LogP contribution in [0.2, 0.25) is 0 Å². The largest absolute Gasteiger partial charge is 0.496 e. The molecule has 0 aromatic heterocycles. The van der Waals surface area contributed by atoms with Gasteiger partial charge < -0.3 is 10.5 Å². The first kappa shape index (κ1) is 9.53. The second-order valence-electron chi connectivity index (χ2n) is 4.18. The van der Waals surface area contributed by atoms with Crippen LogP contribution in [0.4, 0.5) is 0 Å². The maximum absolute atomic E-state index is 6.10. The van der Waals surface area contributed by atoms with Crippen molar-refractivity contribution in [1.29, 1.82) is 0 Å². The summed E-state index contributed by atoms with van der Waals surface area (Å²) in [7, 11) is 1.72. The molecule has 0 amide bonds. The number of nitrogens with two attached hydrogens (primary N) is 1. The van der Waals surface area contributed by atoms with Gasteiger partial charge in [0.2, 0.25) is 0 Å². The van der Waals surface area contributed by atoms with Gasteiger partial charge in [0.05, 0.1) is 7.11 Å². The van der Waals surface area contributed by atoms with E-state index in [1.54, 1.807) is 7.11 Å². The Kier molecular flexibility index (Phi) is 2.46. The van der Waals surface area contributed by atoms with E-state index in [0.29, 0.717) is 5.92 Å². The van der Waals surface area contributed by atoms with Crippen LogP contribution in [-0.4, -0.2) is 7.11 Å². The van der Waals surface area contributed by atoms with Crippen molar-refractivity contribution in [2.24, 2.45) is 11.7 Å². The Morgan fingerprint density at radius 2 is 2.21 bits per heavy atom. The fourth-order valence-electron chi connectivity index (χ4n) is 2.33. The monoisotopic (exact) mass is 191 g/mol. The molecule has 76 valence electrons. The molecule has 0 fully saturated rings. The molecule has 1 aromatic carbocycles. The fourth-order valence-corrected chi connectivity index (χ4v) is 2.33. The number of hydrogen-bond acceptors (Lipinski definition) is 2. The lowest BCUT2D eigenvalue weighted by atomic mass is 9.81. The molecule has 1 aromatic rings. The van der Waals surface area contributed by atoms with Gasteiger partial charge in [-0.25, -0.2) is 0 Å². The third kappa shape index (κ3) is 1.50. The summed E-state index contributed by atoms with van der Waals surface area (Å²) < 4.78 is 5.35. The highest BCUT2D eigenvalue weighted by Gasteiger charge is 2.23. The Balaban J connectivity index is 2.47. The van der Waals surface area contributed by atoms with Crippen LogP contribution >= 0.6 is 0 Å². The molecule has 0 saturated carbocycles. The second kappa shape index (κ2) is 3.62. The summed E-state index contributed by atoms with van der Waals surface area (Å²) in [6.07, 6.45) is 2.17. The highest BCUT2D eigenvalue weighted by Crippen LogP contribution is 2.36. The van der Waals surface area contributed by atoms with Crippen molar-refractivity contribution in [2.45, 2.75) is 25.8 Å². The average molecular weight is 191 g/mol. The molecule has 0 heterocycles. The van der Waals surface area contributed by atoms with E-state index in [1.807, 2.05) is 12.1 Å². The molecule has 14 heavy (non-hydrogen) atoms. The van der Waals surface area contributed by atoms with Gasteiger partial charge in [0.1, 0.15) is 5.75 Å². The summed E-state index contributed by atoms with van der Waals surface area (Å²) >= 11 is 0. The van der Waals surface area contributed by atoms with Gasteiger partial charge in [-0.15, -0.1) is 0 Å². The number of rotatable bonds is 1. The molecule has 1 aliphatic carbocycles. The summed E-state index contributed by atoms with van der Waals surface area (Å²) in [6.45, 7) is 2.25. The molecule has 2 rings (SSSR count). The van der Waals surface area contributed by atoms with Crippen LogP contribution in [0.1, 0.15) is 30.5 Å². The number of hydrogen-bond donors (Lipinski definition) is 1. The predicted octanol–water partition coefficient (Wildman–Crippen LogP) is 2.28. The van der Waals surface area contributed by atoms with Gasteiger partial charge in [-0.3, -0.25) is 0 Å². The zero-order valence-electron chi connectivity index (χ0n) is 8.79. The topological polar surface area (TPSA) is 35.2 Å². The van der Waals surface area contributed by atoms with E-state index in [2.05, 4.69) is 13.0 Å². The normalized spacial score (nSPS) is 25.6. The van der Waals surface area contributed by atoms with Crippen molar-refractivity contribution in [1.82, 2.24) is 0 Å². The predicted molar refractivity (Wildman–Crippen MR) is 57.4 cm³/mol. The van der Waals surface area contributed by atoms with Gasteiger partial charge in [-0.05, 0) is 36.0 Å². The zero-order valence-corrected chi connectivity index (χ0v) is 8.79. The standard InChI is InChI=1S/C12H17NO/c1-8-6-10-9(11(13)7-8)4-3-5-12(10)14-2/h3-5,8,11H,6-7,13H2,1-2H3. The molecule has 0 aliphatic heterocycles. The summed E-state index contributed by atoms with van der Waals surface area (Å²) in [6, 6.07) is 6.34. The molecule has 0 bridgehead atoms. The molecule has 2 nitrogen and oxygen atoms in total. The molecule has 0 saturated heterocycles. The molecule has 2 N–H and O–H groups in total. The number of methoxy groups -OCH3 is 1. The van der Waals surface area contributed by atoms with E-state index < -0.39 is 0 Å². The van der Waals surface area contributed by atoms with Crippen LogP contribution in [0.3, 0.4) is 0 Å². The first-order chi connectivity index (χ1) is 6.72. The minimum atomic E-state index is 0.184. The summed E-state index contributed by atoms with van der Waals surface area (Å²) in [5.74, 6) is 1.65. The molecular formula is C12H17NO. The summed E-state index contributed by atoms with van der Waals surface area (Å²) in [5.41, 5.74) is 8.68. The molecule has 0 spiro atoms. The molecule has 2 unspecified atom stereocenters. The average Bonchev–Trinajstić information content (AvgIpc) is 2.17. The highest BCUT2D eigenvalue weighted by atomic mass is 16.5.